The van der Waals surface area contributed by atoms with Crippen LogP contribution in [-0.2, 0) is 0 Å². The van der Waals surface area contributed by atoms with E-state index in [9.17, 15) is 5.26 Å². The average molecular weight is 373 g/mol. The molecule has 0 aliphatic rings. The molecule has 4 aromatic carbocycles. The van der Waals surface area contributed by atoms with Crippen LogP contribution in [0.4, 0.5) is 0 Å². The van der Waals surface area contributed by atoms with Gasteiger partial charge in [-0.2, -0.15) is 5.26 Å². The van der Waals surface area contributed by atoms with Crippen molar-refractivity contribution >= 4 is 0 Å². The van der Waals surface area contributed by atoms with Crippen LogP contribution in [-0.4, -0.2) is 0 Å². The third-order valence-electron chi connectivity index (χ3n) is 5.52. The van der Waals surface area contributed by atoms with Gasteiger partial charge in [0, 0.05) is 11.8 Å². The summed E-state index contributed by atoms with van der Waals surface area (Å²) in [4.78, 5) is 0. The van der Waals surface area contributed by atoms with E-state index in [1.54, 1.807) is 0 Å². The third kappa shape index (κ3) is 4.13. The van der Waals surface area contributed by atoms with E-state index in [1.807, 2.05) is 36.4 Å². The first-order valence-corrected chi connectivity index (χ1v) is 9.98. The van der Waals surface area contributed by atoms with Crippen LogP contribution in [0.3, 0.4) is 0 Å². The molecule has 2 atom stereocenters. The molecule has 0 N–H and O–H groups in total. The Labute approximate surface area is 172 Å². The summed E-state index contributed by atoms with van der Waals surface area (Å²) >= 11 is 0. The fraction of sp³-hybridized carbons (Fsp3) is 0.107. The van der Waals surface area contributed by atoms with Crippen LogP contribution in [0.15, 0.2) is 121 Å². The maximum absolute atomic E-state index is 10.3. The minimum Gasteiger partial charge on any atom is -0.198 e. The Kier molecular flexibility index (Phi) is 5.84. The highest BCUT2D eigenvalue weighted by molar-refractivity contribution is 5.43. The number of benzene rings is 4. The Morgan fingerprint density at radius 3 is 1.17 bits per heavy atom. The summed E-state index contributed by atoms with van der Waals surface area (Å²) in [6.45, 7) is 0. The quantitative estimate of drug-likeness (QED) is 0.360. The lowest BCUT2D eigenvalue weighted by atomic mass is 9.69. The smallest absolute Gasteiger partial charge is 0.0790 e. The van der Waals surface area contributed by atoms with E-state index in [-0.39, 0.29) is 17.8 Å². The number of rotatable bonds is 6. The van der Waals surface area contributed by atoms with Gasteiger partial charge in [0.25, 0.3) is 0 Å². The lowest BCUT2D eigenvalue weighted by Crippen LogP contribution is -2.20. The van der Waals surface area contributed by atoms with Gasteiger partial charge >= 0.3 is 0 Å². The highest BCUT2D eigenvalue weighted by Crippen LogP contribution is 2.46. The molecule has 0 aliphatic carbocycles. The summed E-state index contributed by atoms with van der Waals surface area (Å²) < 4.78 is 0. The van der Waals surface area contributed by atoms with Crippen LogP contribution in [0.2, 0.25) is 0 Å². The van der Waals surface area contributed by atoms with E-state index in [2.05, 4.69) is 91.0 Å². The van der Waals surface area contributed by atoms with Crippen molar-refractivity contribution in [1.29, 1.82) is 5.26 Å². The van der Waals surface area contributed by atoms with Crippen LogP contribution in [0, 0.1) is 11.3 Å². The fourth-order valence-corrected chi connectivity index (χ4v) is 4.20. The van der Waals surface area contributed by atoms with Gasteiger partial charge in [-0.15, -0.1) is 0 Å². The lowest BCUT2D eigenvalue weighted by Gasteiger charge is -2.32. The van der Waals surface area contributed by atoms with Crippen molar-refractivity contribution in [1.82, 2.24) is 0 Å². The Balaban J connectivity index is 1.93. The van der Waals surface area contributed by atoms with Crippen molar-refractivity contribution in [2.75, 3.05) is 0 Å². The number of hydrogen-bond acceptors (Lipinski definition) is 1. The lowest BCUT2D eigenvalue weighted by molar-refractivity contribution is 0.558. The fourth-order valence-electron chi connectivity index (χ4n) is 4.20. The van der Waals surface area contributed by atoms with Crippen molar-refractivity contribution in [3.05, 3.63) is 144 Å². The normalized spacial score (nSPS) is 12.8. The summed E-state index contributed by atoms with van der Waals surface area (Å²) in [6.07, 6.45) is 0. The number of hydrogen-bond donors (Lipinski definition) is 0. The second kappa shape index (κ2) is 9.04. The predicted molar refractivity (Wildman–Crippen MR) is 119 cm³/mol. The van der Waals surface area contributed by atoms with Gasteiger partial charge in [-0.3, -0.25) is 0 Å². The molecule has 0 fully saturated rings. The standard InChI is InChI=1S/C28H23N/c29-21-26(22-13-5-1-6-14-22)28(25-19-11-4-12-20-25)27(23-15-7-2-8-16-23)24-17-9-3-10-18-24/h1-20,26-28H. The highest BCUT2D eigenvalue weighted by Gasteiger charge is 2.34. The maximum atomic E-state index is 10.3. The van der Waals surface area contributed by atoms with Crippen LogP contribution < -0.4 is 0 Å². The molecule has 4 rings (SSSR count). The topological polar surface area (TPSA) is 23.8 Å². The molecule has 0 aromatic heterocycles. The van der Waals surface area contributed by atoms with Gasteiger partial charge in [0.15, 0.2) is 0 Å². The molecule has 0 heterocycles. The monoisotopic (exact) mass is 373 g/mol. The number of nitriles is 1. The molecule has 1 nitrogen and oxygen atoms in total. The maximum Gasteiger partial charge on any atom is 0.0790 e. The summed E-state index contributed by atoms with van der Waals surface area (Å²) in [5.74, 6) is -0.193. The minimum absolute atomic E-state index is 0.00611. The van der Waals surface area contributed by atoms with Gasteiger partial charge in [0.05, 0.1) is 12.0 Å². The highest BCUT2D eigenvalue weighted by atomic mass is 14.4. The Hall–Kier alpha value is -3.63. The molecular formula is C28H23N. The SMILES string of the molecule is N#CC(c1ccccc1)C(c1ccccc1)C(c1ccccc1)c1ccccc1. The van der Waals surface area contributed by atoms with Crippen molar-refractivity contribution in [3.63, 3.8) is 0 Å². The van der Waals surface area contributed by atoms with E-state index in [4.69, 9.17) is 0 Å². The first kappa shape index (κ1) is 18.7. The molecular weight excluding hydrogens is 350 g/mol. The van der Waals surface area contributed by atoms with Gasteiger partial charge in [-0.25, -0.2) is 0 Å². The van der Waals surface area contributed by atoms with Crippen LogP contribution >= 0.6 is 0 Å². The molecule has 0 spiro atoms. The molecule has 0 aliphatic heterocycles. The molecule has 4 aromatic rings. The molecule has 0 bridgehead atoms. The molecule has 0 amide bonds. The van der Waals surface area contributed by atoms with Gasteiger partial charge in [-0.05, 0) is 22.3 Å². The molecule has 0 saturated carbocycles. The average Bonchev–Trinajstić information content (AvgIpc) is 2.81. The van der Waals surface area contributed by atoms with E-state index in [0.717, 1.165) is 5.56 Å². The third-order valence-corrected chi connectivity index (χ3v) is 5.52. The Morgan fingerprint density at radius 2 is 0.793 bits per heavy atom. The van der Waals surface area contributed by atoms with E-state index in [0.29, 0.717) is 0 Å². The van der Waals surface area contributed by atoms with E-state index >= 15 is 0 Å². The zero-order chi connectivity index (χ0) is 19.9. The minimum atomic E-state index is -0.260. The van der Waals surface area contributed by atoms with Crippen LogP contribution in [0.1, 0.15) is 40.0 Å². The predicted octanol–water partition coefficient (Wildman–Crippen LogP) is 6.91. The van der Waals surface area contributed by atoms with Crippen molar-refractivity contribution in [2.24, 2.45) is 0 Å². The Morgan fingerprint density at radius 1 is 0.448 bits per heavy atom. The van der Waals surface area contributed by atoms with Crippen LogP contribution in [0.5, 0.6) is 0 Å². The number of nitrogens with zero attached hydrogens (tertiary/aromatic N) is 1. The second-order valence-corrected chi connectivity index (χ2v) is 7.25. The second-order valence-electron chi connectivity index (χ2n) is 7.25. The summed E-state index contributed by atoms with van der Waals surface area (Å²) in [5, 5.41) is 10.3. The molecule has 1 heteroatoms. The molecule has 0 saturated heterocycles. The largest absolute Gasteiger partial charge is 0.198 e. The Bertz CT molecular complexity index is 1010. The summed E-state index contributed by atoms with van der Waals surface area (Å²) in [6, 6.07) is 44.4. The molecule has 2 unspecified atom stereocenters. The summed E-state index contributed by atoms with van der Waals surface area (Å²) in [7, 11) is 0. The first-order chi connectivity index (χ1) is 14.4. The molecule has 140 valence electrons. The van der Waals surface area contributed by atoms with Gasteiger partial charge < -0.3 is 0 Å². The molecule has 0 radical (unpaired) electrons. The zero-order valence-corrected chi connectivity index (χ0v) is 16.2. The van der Waals surface area contributed by atoms with Gasteiger partial charge in [0.1, 0.15) is 0 Å². The first-order valence-electron chi connectivity index (χ1n) is 9.98. The van der Waals surface area contributed by atoms with Crippen molar-refractivity contribution in [2.45, 2.75) is 17.8 Å². The van der Waals surface area contributed by atoms with Crippen molar-refractivity contribution in [3.8, 4) is 6.07 Å². The van der Waals surface area contributed by atoms with Gasteiger partial charge in [0.2, 0.25) is 0 Å². The van der Waals surface area contributed by atoms with E-state index in [1.165, 1.54) is 16.7 Å². The summed E-state index contributed by atoms with van der Waals surface area (Å²) in [5.41, 5.74) is 4.69. The van der Waals surface area contributed by atoms with Gasteiger partial charge in [-0.1, -0.05) is 121 Å². The molecule has 29 heavy (non-hydrogen) atoms. The zero-order valence-electron chi connectivity index (χ0n) is 16.2. The van der Waals surface area contributed by atoms with Crippen molar-refractivity contribution < 1.29 is 0 Å². The van der Waals surface area contributed by atoms with E-state index < -0.39 is 0 Å². The van der Waals surface area contributed by atoms with Crippen LogP contribution in [0.25, 0.3) is 0 Å².